The second-order valence-electron chi connectivity index (χ2n) is 5.58. The van der Waals surface area contributed by atoms with Crippen molar-refractivity contribution < 1.29 is 0 Å². The fraction of sp³-hybridized carbons (Fsp3) is 0.429. The van der Waals surface area contributed by atoms with Crippen LogP contribution in [0, 0.1) is 0 Å². The van der Waals surface area contributed by atoms with E-state index in [1.165, 1.54) is 20.9 Å². The maximum absolute atomic E-state index is 2.57. The lowest BCUT2D eigenvalue weighted by atomic mass is 10.0. The number of nitrogens with zero attached hydrogens (tertiary/aromatic N) is 1. The monoisotopic (exact) mass is 263 g/mol. The molecule has 1 aliphatic rings. The Bertz CT molecular complexity index is 488. The molecule has 3 heteroatoms. The van der Waals surface area contributed by atoms with Crippen LogP contribution in [-0.2, 0) is 13.1 Å². The van der Waals surface area contributed by atoms with E-state index in [0.717, 1.165) is 13.1 Å². The summed E-state index contributed by atoms with van der Waals surface area (Å²) in [6.07, 6.45) is 0. The lowest BCUT2D eigenvalue weighted by Gasteiger charge is -2.34. The lowest BCUT2D eigenvalue weighted by Crippen LogP contribution is -2.39. The zero-order valence-corrected chi connectivity index (χ0v) is 12.1. The first-order valence-corrected chi connectivity index (χ1v) is 7.70. The van der Waals surface area contributed by atoms with E-state index in [9.17, 15) is 0 Å². The molecule has 3 heterocycles. The van der Waals surface area contributed by atoms with Crippen LogP contribution in [0.3, 0.4) is 0 Å². The molecule has 17 heavy (non-hydrogen) atoms. The Labute approximate surface area is 111 Å². The maximum atomic E-state index is 2.57. The standard InChI is InChI=1S/C14H17NS2/c1-14(2,3)15-8-10-4-6-16-12(10)13-11(9-15)5-7-17-13/h4-7H,8-9H2,1-3H3. The Balaban J connectivity index is 2.12. The molecular weight excluding hydrogens is 246 g/mol. The van der Waals surface area contributed by atoms with Crippen LogP contribution in [0.2, 0.25) is 0 Å². The average molecular weight is 263 g/mol. The molecule has 1 nitrogen and oxygen atoms in total. The van der Waals surface area contributed by atoms with Gasteiger partial charge in [-0.25, -0.2) is 0 Å². The van der Waals surface area contributed by atoms with Crippen LogP contribution in [0.25, 0.3) is 9.75 Å². The van der Waals surface area contributed by atoms with Gasteiger partial charge in [-0.3, -0.25) is 4.90 Å². The van der Waals surface area contributed by atoms with Crippen molar-refractivity contribution in [1.82, 2.24) is 4.90 Å². The van der Waals surface area contributed by atoms with Crippen LogP contribution in [0.4, 0.5) is 0 Å². The first-order chi connectivity index (χ1) is 8.05. The minimum atomic E-state index is 0.225. The summed E-state index contributed by atoms with van der Waals surface area (Å²) in [7, 11) is 0. The van der Waals surface area contributed by atoms with Gasteiger partial charge < -0.3 is 0 Å². The van der Waals surface area contributed by atoms with Crippen molar-refractivity contribution in [2.45, 2.75) is 39.4 Å². The van der Waals surface area contributed by atoms with Crippen LogP contribution >= 0.6 is 22.7 Å². The molecule has 3 rings (SSSR count). The van der Waals surface area contributed by atoms with Gasteiger partial charge in [0.1, 0.15) is 0 Å². The van der Waals surface area contributed by atoms with Crippen LogP contribution in [0.15, 0.2) is 22.9 Å². The Morgan fingerprint density at radius 1 is 0.941 bits per heavy atom. The summed E-state index contributed by atoms with van der Waals surface area (Å²) in [6, 6.07) is 4.57. The molecule has 0 amide bonds. The molecular formula is C14H17NS2. The topological polar surface area (TPSA) is 3.24 Å². The van der Waals surface area contributed by atoms with Crippen LogP contribution in [0.5, 0.6) is 0 Å². The molecule has 0 aromatic carbocycles. The van der Waals surface area contributed by atoms with Gasteiger partial charge >= 0.3 is 0 Å². The summed E-state index contributed by atoms with van der Waals surface area (Å²) in [4.78, 5) is 5.54. The van der Waals surface area contributed by atoms with Crippen LogP contribution in [-0.4, -0.2) is 10.4 Å². The Morgan fingerprint density at radius 2 is 1.41 bits per heavy atom. The van der Waals surface area contributed by atoms with Gasteiger partial charge in [-0.2, -0.15) is 0 Å². The van der Waals surface area contributed by atoms with Crippen molar-refractivity contribution in [1.29, 1.82) is 0 Å². The van der Waals surface area contributed by atoms with E-state index in [1.807, 2.05) is 22.7 Å². The Hall–Kier alpha value is -0.640. The molecule has 0 unspecified atom stereocenters. The first-order valence-electron chi connectivity index (χ1n) is 5.94. The van der Waals surface area contributed by atoms with Gasteiger partial charge in [0.05, 0.1) is 0 Å². The SMILES string of the molecule is CC(C)(C)N1Cc2ccsc2-c2sccc2C1. The molecule has 0 aliphatic carbocycles. The minimum Gasteiger partial charge on any atom is -0.290 e. The normalized spacial score (nSPS) is 16.4. The maximum Gasteiger partial charge on any atom is 0.0490 e. The van der Waals surface area contributed by atoms with Crippen molar-refractivity contribution in [3.05, 3.63) is 34.0 Å². The highest BCUT2D eigenvalue weighted by Crippen LogP contribution is 2.41. The van der Waals surface area contributed by atoms with E-state index in [1.54, 1.807) is 0 Å². The molecule has 0 radical (unpaired) electrons. The van der Waals surface area contributed by atoms with E-state index >= 15 is 0 Å². The van der Waals surface area contributed by atoms with Gasteiger partial charge in [-0.05, 0) is 54.8 Å². The zero-order chi connectivity index (χ0) is 12.0. The van der Waals surface area contributed by atoms with Gasteiger partial charge in [0.15, 0.2) is 0 Å². The second kappa shape index (κ2) is 3.94. The van der Waals surface area contributed by atoms with Gasteiger partial charge in [0.25, 0.3) is 0 Å². The first kappa shape index (κ1) is 11.5. The second-order valence-corrected chi connectivity index (χ2v) is 7.41. The van der Waals surface area contributed by atoms with Crippen LogP contribution < -0.4 is 0 Å². The Kier molecular flexibility index (Phi) is 2.65. The number of hydrogen-bond acceptors (Lipinski definition) is 3. The molecule has 0 saturated carbocycles. The average Bonchev–Trinajstić information content (AvgIpc) is 2.82. The molecule has 0 atom stereocenters. The molecule has 2 aromatic rings. The largest absolute Gasteiger partial charge is 0.290 e. The fourth-order valence-corrected chi connectivity index (χ4v) is 4.33. The summed E-state index contributed by atoms with van der Waals surface area (Å²) in [5, 5.41) is 4.45. The van der Waals surface area contributed by atoms with Gasteiger partial charge in [-0.1, -0.05) is 0 Å². The molecule has 2 aromatic heterocycles. The summed E-state index contributed by atoms with van der Waals surface area (Å²) in [5.41, 5.74) is 3.21. The van der Waals surface area contributed by atoms with E-state index in [0.29, 0.717) is 0 Å². The summed E-state index contributed by atoms with van der Waals surface area (Å²) >= 11 is 3.76. The predicted molar refractivity (Wildman–Crippen MR) is 76.6 cm³/mol. The molecule has 0 fully saturated rings. The number of rotatable bonds is 0. The van der Waals surface area contributed by atoms with E-state index in [4.69, 9.17) is 0 Å². The summed E-state index contributed by atoms with van der Waals surface area (Å²) in [5.74, 6) is 0. The van der Waals surface area contributed by atoms with E-state index in [-0.39, 0.29) is 5.54 Å². The van der Waals surface area contributed by atoms with Crippen molar-refractivity contribution in [2.24, 2.45) is 0 Å². The van der Waals surface area contributed by atoms with Gasteiger partial charge in [-0.15, -0.1) is 22.7 Å². The smallest absolute Gasteiger partial charge is 0.0490 e. The van der Waals surface area contributed by atoms with Gasteiger partial charge in [0, 0.05) is 28.4 Å². The highest BCUT2D eigenvalue weighted by atomic mass is 32.1. The number of fused-ring (bicyclic) bond motifs is 3. The Morgan fingerprint density at radius 3 is 1.82 bits per heavy atom. The predicted octanol–water partition coefficient (Wildman–Crippen LogP) is 4.59. The number of hydrogen-bond donors (Lipinski definition) is 0. The molecule has 0 spiro atoms. The molecule has 0 saturated heterocycles. The third-order valence-corrected chi connectivity index (χ3v) is 5.45. The molecule has 0 bridgehead atoms. The number of thiophene rings is 2. The lowest BCUT2D eigenvalue weighted by molar-refractivity contribution is 0.120. The quantitative estimate of drug-likeness (QED) is 0.672. The molecule has 90 valence electrons. The van der Waals surface area contributed by atoms with Crippen molar-refractivity contribution in [3.8, 4) is 9.75 Å². The van der Waals surface area contributed by atoms with Crippen molar-refractivity contribution >= 4 is 22.7 Å². The highest BCUT2D eigenvalue weighted by molar-refractivity contribution is 7.20. The van der Waals surface area contributed by atoms with E-state index in [2.05, 4.69) is 48.6 Å². The third kappa shape index (κ3) is 1.96. The molecule has 1 aliphatic heterocycles. The molecule has 0 N–H and O–H groups in total. The fourth-order valence-electron chi connectivity index (χ4n) is 2.26. The third-order valence-electron chi connectivity index (χ3n) is 3.37. The summed E-state index contributed by atoms with van der Waals surface area (Å²) < 4.78 is 0. The summed E-state index contributed by atoms with van der Waals surface area (Å²) in [6.45, 7) is 9.05. The van der Waals surface area contributed by atoms with Crippen molar-refractivity contribution in [3.63, 3.8) is 0 Å². The van der Waals surface area contributed by atoms with Crippen LogP contribution in [0.1, 0.15) is 31.9 Å². The minimum absolute atomic E-state index is 0.225. The van der Waals surface area contributed by atoms with Gasteiger partial charge in [0.2, 0.25) is 0 Å². The highest BCUT2D eigenvalue weighted by Gasteiger charge is 2.27. The van der Waals surface area contributed by atoms with E-state index < -0.39 is 0 Å². The zero-order valence-electron chi connectivity index (χ0n) is 10.5. The van der Waals surface area contributed by atoms with Crippen molar-refractivity contribution in [2.75, 3.05) is 0 Å².